The largest absolute Gasteiger partial charge is 0.481 e. The van der Waals surface area contributed by atoms with Gasteiger partial charge >= 0.3 is 12.1 Å². The number of amides is 4. The smallest absolute Gasteiger partial charge is 0.407 e. The van der Waals surface area contributed by atoms with Crippen molar-refractivity contribution < 1.29 is 42.2 Å². The Bertz CT molecular complexity index is 1120. The van der Waals surface area contributed by atoms with Crippen LogP contribution in [0.5, 0.6) is 0 Å². The third-order valence-corrected chi connectivity index (χ3v) is 5.56. The number of alkyl carbamates (subject to hydrolysis) is 1. The molecule has 0 fully saturated rings. The highest BCUT2D eigenvalue weighted by Gasteiger charge is 2.28. The van der Waals surface area contributed by atoms with E-state index in [1.54, 1.807) is 38.1 Å². The van der Waals surface area contributed by atoms with E-state index in [2.05, 4.69) is 21.3 Å². The second-order valence-corrected chi connectivity index (χ2v) is 10.7. The number of sulfone groups is 1. The van der Waals surface area contributed by atoms with Crippen LogP contribution in [0, 0.1) is 5.92 Å². The first-order valence-electron chi connectivity index (χ1n) is 11.6. The number of aliphatic carboxylic acids is 1. The summed E-state index contributed by atoms with van der Waals surface area (Å²) in [5.74, 6) is -3.83. The van der Waals surface area contributed by atoms with Crippen LogP contribution in [0.3, 0.4) is 0 Å². The Kier molecular flexibility index (Phi) is 13.0. The van der Waals surface area contributed by atoms with E-state index in [1.807, 2.05) is 6.07 Å². The first kappa shape index (κ1) is 32.1. The van der Waals surface area contributed by atoms with E-state index < -0.39 is 76.6 Å². The van der Waals surface area contributed by atoms with Crippen molar-refractivity contribution in [2.75, 3.05) is 12.8 Å². The Morgan fingerprint density at radius 2 is 1.61 bits per heavy atom. The van der Waals surface area contributed by atoms with Gasteiger partial charge in [-0.15, -0.1) is 0 Å². The van der Waals surface area contributed by atoms with E-state index in [-0.39, 0.29) is 6.61 Å². The molecule has 38 heavy (non-hydrogen) atoms. The van der Waals surface area contributed by atoms with Gasteiger partial charge in [-0.05, 0) is 18.4 Å². The second kappa shape index (κ2) is 15.3. The van der Waals surface area contributed by atoms with Gasteiger partial charge in [0.15, 0.2) is 9.84 Å². The lowest BCUT2D eigenvalue weighted by molar-refractivity contribution is -0.137. The number of carboxylic acid groups (broad SMARTS) is 1. The van der Waals surface area contributed by atoms with Gasteiger partial charge in [-0.1, -0.05) is 50.3 Å². The summed E-state index contributed by atoms with van der Waals surface area (Å²) < 4.78 is 27.7. The maximum Gasteiger partial charge on any atom is 0.407 e. The summed E-state index contributed by atoms with van der Waals surface area (Å²) in [6.07, 6.45) is 0.558. The van der Waals surface area contributed by atoms with Crippen LogP contribution in [0.25, 0.3) is 0 Å². The van der Waals surface area contributed by atoms with Crippen molar-refractivity contribution in [3.8, 4) is 0 Å². The molecule has 13 nitrogen and oxygen atoms in total. The van der Waals surface area contributed by atoms with E-state index in [0.717, 1.165) is 23.3 Å². The lowest BCUT2D eigenvalue weighted by Gasteiger charge is -2.25. The molecule has 0 aliphatic carbocycles. The van der Waals surface area contributed by atoms with Crippen molar-refractivity contribution >= 4 is 39.6 Å². The summed E-state index contributed by atoms with van der Waals surface area (Å²) in [6.45, 7) is 4.21. The summed E-state index contributed by atoms with van der Waals surface area (Å²) in [5.41, 5.74) is 0.766. The van der Waals surface area contributed by atoms with Crippen LogP contribution in [0.2, 0.25) is 0 Å². The van der Waals surface area contributed by atoms with E-state index in [1.165, 1.54) is 6.92 Å². The monoisotopic (exact) mass is 554 g/mol. The molecular weight excluding hydrogens is 520 g/mol. The number of carboxylic acids is 1. The zero-order valence-electron chi connectivity index (χ0n) is 21.6. The number of carbonyl (C=O) groups is 5. The SMILES string of the molecule is CC(NC(=O)CNC(=O)OCc1ccccc1)C(=O)N[C@H](C(=O)N[C@H](/C=C/S(C)(=O)=O)CC(=O)O)C(C)C. The molecule has 1 unspecified atom stereocenters. The highest BCUT2D eigenvalue weighted by atomic mass is 32.2. The number of carbonyl (C=O) groups excluding carboxylic acids is 4. The molecule has 14 heteroatoms. The molecule has 0 saturated carbocycles. The van der Waals surface area contributed by atoms with E-state index in [4.69, 9.17) is 9.84 Å². The van der Waals surface area contributed by atoms with Crippen LogP contribution in [0.1, 0.15) is 32.8 Å². The summed E-state index contributed by atoms with van der Waals surface area (Å²) >= 11 is 0. The Labute approximate surface area is 221 Å². The lowest BCUT2D eigenvalue weighted by Crippen LogP contribution is -2.56. The third-order valence-electron chi connectivity index (χ3n) is 4.90. The molecule has 1 rings (SSSR count). The van der Waals surface area contributed by atoms with Gasteiger partial charge in [0.1, 0.15) is 25.2 Å². The zero-order valence-corrected chi connectivity index (χ0v) is 22.4. The van der Waals surface area contributed by atoms with Gasteiger partial charge in [0.25, 0.3) is 0 Å². The summed E-state index contributed by atoms with van der Waals surface area (Å²) in [5, 5.41) is 19.4. The maximum atomic E-state index is 12.8. The molecule has 0 bridgehead atoms. The van der Waals surface area contributed by atoms with Crippen LogP contribution in [0.4, 0.5) is 4.79 Å². The molecule has 0 aliphatic rings. The van der Waals surface area contributed by atoms with Crippen LogP contribution in [-0.4, -0.2) is 74.2 Å². The van der Waals surface area contributed by atoms with Crippen LogP contribution in [-0.2, 0) is 40.4 Å². The van der Waals surface area contributed by atoms with Gasteiger partial charge in [-0.2, -0.15) is 0 Å². The molecule has 5 N–H and O–H groups in total. The minimum atomic E-state index is -3.56. The van der Waals surface area contributed by atoms with Crippen molar-refractivity contribution in [1.82, 2.24) is 21.3 Å². The van der Waals surface area contributed by atoms with Gasteiger partial charge in [0, 0.05) is 11.7 Å². The minimum absolute atomic E-state index is 0.0170. The number of ether oxygens (including phenoxy) is 1. The van der Waals surface area contributed by atoms with Crippen molar-refractivity contribution in [3.63, 3.8) is 0 Å². The first-order chi connectivity index (χ1) is 17.7. The third kappa shape index (κ3) is 13.4. The first-order valence-corrected chi connectivity index (χ1v) is 13.6. The summed E-state index contributed by atoms with van der Waals surface area (Å²) in [7, 11) is -3.56. The normalized spacial score (nSPS) is 13.7. The molecular formula is C24H34N4O9S. The van der Waals surface area contributed by atoms with Gasteiger partial charge in [-0.3, -0.25) is 19.2 Å². The molecule has 1 aromatic rings. The van der Waals surface area contributed by atoms with E-state index >= 15 is 0 Å². The van der Waals surface area contributed by atoms with Crippen molar-refractivity contribution in [1.29, 1.82) is 0 Å². The molecule has 210 valence electrons. The Balaban J connectivity index is 2.63. The van der Waals surface area contributed by atoms with E-state index in [9.17, 15) is 32.4 Å². The molecule has 0 saturated heterocycles. The number of nitrogens with one attached hydrogen (secondary N) is 4. The standard InChI is InChI=1S/C24H34N4O9S/c1-15(2)21(23(33)27-18(12-20(30)31)10-11-38(4,35)36)28-22(32)16(3)26-19(29)13-25-24(34)37-14-17-8-6-5-7-9-17/h5-11,15-16,18,21H,12-14H2,1-4H3,(H,25,34)(H,26,29)(H,27,33)(H,28,32)(H,30,31)/b11-10+/t16?,18-,21+/m1/s1. The second-order valence-electron chi connectivity index (χ2n) is 8.81. The Morgan fingerprint density at radius 3 is 2.16 bits per heavy atom. The average molecular weight is 555 g/mol. The summed E-state index contributed by atoms with van der Waals surface area (Å²) in [6, 6.07) is 5.58. The molecule has 0 spiro atoms. The molecule has 0 aliphatic heterocycles. The summed E-state index contributed by atoms with van der Waals surface area (Å²) in [4.78, 5) is 60.4. The van der Waals surface area contributed by atoms with Gasteiger partial charge < -0.3 is 31.1 Å². The van der Waals surface area contributed by atoms with E-state index in [0.29, 0.717) is 0 Å². The topological polar surface area (TPSA) is 197 Å². The quantitative estimate of drug-likeness (QED) is 0.211. The number of hydrogen-bond acceptors (Lipinski definition) is 8. The molecule has 3 atom stereocenters. The minimum Gasteiger partial charge on any atom is -0.481 e. The number of rotatable bonds is 14. The molecule has 4 amide bonds. The van der Waals surface area contributed by atoms with Gasteiger partial charge in [-0.25, -0.2) is 13.2 Å². The molecule has 0 heterocycles. The average Bonchev–Trinajstić information content (AvgIpc) is 2.82. The lowest BCUT2D eigenvalue weighted by atomic mass is 10.0. The zero-order chi connectivity index (χ0) is 28.9. The fourth-order valence-corrected chi connectivity index (χ4v) is 3.44. The van der Waals surface area contributed by atoms with Crippen LogP contribution in [0.15, 0.2) is 41.8 Å². The van der Waals surface area contributed by atoms with Crippen LogP contribution < -0.4 is 21.3 Å². The van der Waals surface area contributed by atoms with Gasteiger partial charge in [0.2, 0.25) is 17.7 Å². The van der Waals surface area contributed by atoms with Crippen molar-refractivity contribution in [2.45, 2.75) is 51.9 Å². The Hall–Kier alpha value is -3.94. The molecule has 0 aromatic heterocycles. The Morgan fingerprint density at radius 1 is 0.974 bits per heavy atom. The predicted molar refractivity (Wildman–Crippen MR) is 137 cm³/mol. The predicted octanol–water partition coefficient (Wildman–Crippen LogP) is 0.0761. The number of hydrogen-bond donors (Lipinski definition) is 5. The molecule has 1 aromatic carbocycles. The highest BCUT2D eigenvalue weighted by molar-refractivity contribution is 7.93. The fourth-order valence-electron chi connectivity index (χ4n) is 2.96. The van der Waals surface area contributed by atoms with Crippen molar-refractivity contribution in [2.24, 2.45) is 5.92 Å². The maximum absolute atomic E-state index is 12.8. The van der Waals surface area contributed by atoms with Gasteiger partial charge in [0.05, 0.1) is 12.5 Å². The highest BCUT2D eigenvalue weighted by Crippen LogP contribution is 2.06. The van der Waals surface area contributed by atoms with Crippen molar-refractivity contribution in [3.05, 3.63) is 47.4 Å². The molecule has 0 radical (unpaired) electrons. The number of benzene rings is 1. The fraction of sp³-hybridized carbons (Fsp3) is 0.458. The van der Waals surface area contributed by atoms with Crippen LogP contribution >= 0.6 is 0 Å².